The van der Waals surface area contributed by atoms with E-state index in [2.05, 4.69) is 51.1 Å². The van der Waals surface area contributed by atoms with Crippen LogP contribution in [0.1, 0.15) is 73.1 Å². The smallest absolute Gasteiger partial charge is 0.0854 e. The van der Waals surface area contributed by atoms with E-state index >= 15 is 0 Å². The van der Waals surface area contributed by atoms with Crippen LogP contribution in [0, 0.1) is 26.0 Å². The van der Waals surface area contributed by atoms with Gasteiger partial charge in [-0.2, -0.15) is 0 Å². The fourth-order valence-electron chi connectivity index (χ4n) is 4.12. The van der Waals surface area contributed by atoms with Gasteiger partial charge in [0.15, 0.2) is 0 Å². The van der Waals surface area contributed by atoms with Crippen LogP contribution in [0.15, 0.2) is 24.3 Å². The molecule has 30 heavy (non-hydrogen) atoms. The summed E-state index contributed by atoms with van der Waals surface area (Å²) in [4.78, 5) is 0. The highest BCUT2D eigenvalue weighted by atomic mass is 16.5. The van der Waals surface area contributed by atoms with Crippen LogP contribution in [0.4, 0.5) is 0 Å². The van der Waals surface area contributed by atoms with Gasteiger partial charge >= 0.3 is 0 Å². The molecule has 0 radical (unpaired) electrons. The van der Waals surface area contributed by atoms with Gasteiger partial charge in [-0.25, -0.2) is 0 Å². The fraction of sp³-hybridized carbons (Fsp3) is 0.538. The lowest BCUT2D eigenvalue weighted by Crippen LogP contribution is -2.36. The van der Waals surface area contributed by atoms with E-state index in [4.69, 9.17) is 15.6 Å². The molecule has 1 saturated heterocycles. The van der Waals surface area contributed by atoms with Crippen LogP contribution in [0.5, 0.6) is 0 Å². The zero-order valence-electron chi connectivity index (χ0n) is 18.2. The van der Waals surface area contributed by atoms with Crippen molar-refractivity contribution in [3.8, 4) is 0 Å². The van der Waals surface area contributed by atoms with E-state index in [0.29, 0.717) is 19.4 Å². The van der Waals surface area contributed by atoms with Crippen molar-refractivity contribution in [2.75, 3.05) is 13.7 Å². The number of aliphatic hydroxyl groups is 2. The largest absolute Gasteiger partial charge is 0.400 e. The third kappa shape index (κ3) is 6.82. The van der Waals surface area contributed by atoms with E-state index in [1.54, 1.807) is 0 Å². The molecule has 4 heteroatoms. The zero-order chi connectivity index (χ0) is 21.4. The fourth-order valence-corrected chi connectivity index (χ4v) is 4.12. The molecular weight excluding hydrogens is 374 g/mol. The average molecular weight is 414 g/mol. The molecule has 4 nitrogen and oxygen atoms in total. The van der Waals surface area contributed by atoms with E-state index in [1.165, 1.54) is 22.3 Å². The normalized spacial score (nSPS) is 20.4. The first-order valence-corrected chi connectivity index (χ1v) is 10.5. The van der Waals surface area contributed by atoms with Crippen LogP contribution in [0.2, 0.25) is 0 Å². The molecule has 1 aliphatic heterocycles. The Kier molecular flexibility index (Phi) is 11.1. The van der Waals surface area contributed by atoms with Gasteiger partial charge in [-0.1, -0.05) is 45.0 Å². The van der Waals surface area contributed by atoms with Crippen LogP contribution in [0.25, 0.3) is 0 Å². The summed E-state index contributed by atoms with van der Waals surface area (Å²) < 4.78 is 6.17. The summed E-state index contributed by atoms with van der Waals surface area (Å²) in [7, 11) is 1.00. The van der Waals surface area contributed by atoms with Crippen LogP contribution >= 0.6 is 0 Å². The molecule has 1 aliphatic rings. The van der Waals surface area contributed by atoms with Crippen molar-refractivity contribution in [1.82, 2.24) is 0 Å². The molecule has 3 atom stereocenters. The molecule has 2 aromatic rings. The van der Waals surface area contributed by atoms with E-state index in [0.717, 1.165) is 37.5 Å². The van der Waals surface area contributed by atoms with Crippen molar-refractivity contribution in [1.29, 1.82) is 0 Å². The van der Waals surface area contributed by atoms with Crippen molar-refractivity contribution < 1.29 is 14.9 Å². The Balaban J connectivity index is 0.00000146. The quantitative estimate of drug-likeness (QED) is 0.662. The van der Waals surface area contributed by atoms with Gasteiger partial charge < -0.3 is 20.7 Å². The number of ether oxygens (including phenoxy) is 1. The van der Waals surface area contributed by atoms with Crippen LogP contribution in [0.3, 0.4) is 0 Å². The summed E-state index contributed by atoms with van der Waals surface area (Å²) >= 11 is 0. The molecule has 0 amide bonds. The van der Waals surface area contributed by atoms with E-state index in [9.17, 15) is 5.11 Å². The molecule has 2 aromatic carbocycles. The van der Waals surface area contributed by atoms with E-state index in [1.807, 2.05) is 6.07 Å². The minimum Gasteiger partial charge on any atom is -0.400 e. The molecule has 4 N–H and O–H groups in total. The SMILES string of the molecule is C.CCCc1c(C)cc(C2CC(O)CC(CN)O2)cc1Cc1c#ccc(C)c1.CO. The second kappa shape index (κ2) is 12.7. The number of aliphatic hydroxyl groups excluding tert-OH is 2. The monoisotopic (exact) mass is 413 g/mol. The highest BCUT2D eigenvalue weighted by Crippen LogP contribution is 2.34. The molecule has 0 saturated carbocycles. The lowest BCUT2D eigenvalue weighted by molar-refractivity contribution is -0.0932. The summed E-state index contributed by atoms with van der Waals surface area (Å²) in [5.74, 6) is 0. The summed E-state index contributed by atoms with van der Waals surface area (Å²) in [6, 6.07) is 15.0. The van der Waals surface area contributed by atoms with Gasteiger partial charge in [-0.15, -0.1) is 0 Å². The van der Waals surface area contributed by atoms with Crippen molar-refractivity contribution in [3.05, 3.63) is 69.8 Å². The Morgan fingerprint density at radius 1 is 1.17 bits per heavy atom. The number of hydrogen-bond donors (Lipinski definition) is 3. The number of benzene rings is 1. The Morgan fingerprint density at radius 3 is 2.53 bits per heavy atom. The van der Waals surface area contributed by atoms with Crippen LogP contribution in [-0.4, -0.2) is 36.1 Å². The number of rotatable bonds is 6. The summed E-state index contributed by atoms with van der Waals surface area (Å²) in [5.41, 5.74) is 13.4. The Hall–Kier alpha value is -1.90. The summed E-state index contributed by atoms with van der Waals surface area (Å²) in [6.07, 6.45) is 3.77. The van der Waals surface area contributed by atoms with Gasteiger partial charge in [0.05, 0.1) is 18.3 Å². The Bertz CT molecular complexity index is 775. The molecule has 0 bridgehead atoms. The van der Waals surface area contributed by atoms with Crippen molar-refractivity contribution in [3.63, 3.8) is 0 Å². The molecule has 0 spiro atoms. The molecule has 0 aromatic heterocycles. The average Bonchev–Trinajstić information content (AvgIpc) is 2.71. The van der Waals surface area contributed by atoms with Gasteiger partial charge in [0, 0.05) is 38.5 Å². The number of nitrogens with two attached hydrogens (primary N) is 1. The van der Waals surface area contributed by atoms with E-state index in [-0.39, 0.29) is 25.7 Å². The molecule has 0 aliphatic carbocycles. The zero-order valence-corrected chi connectivity index (χ0v) is 18.2. The van der Waals surface area contributed by atoms with Crippen molar-refractivity contribution in [2.45, 2.75) is 78.6 Å². The third-order valence-corrected chi connectivity index (χ3v) is 5.42. The van der Waals surface area contributed by atoms with E-state index < -0.39 is 0 Å². The molecule has 1 fully saturated rings. The first kappa shape index (κ1) is 26.1. The summed E-state index contributed by atoms with van der Waals surface area (Å²) in [5, 5.41) is 17.2. The minimum atomic E-state index is -0.351. The molecule has 1 heterocycles. The third-order valence-electron chi connectivity index (χ3n) is 5.42. The molecular formula is C26H39NO3. The van der Waals surface area contributed by atoms with Gasteiger partial charge in [-0.05, 0) is 60.2 Å². The topological polar surface area (TPSA) is 75.7 Å². The maximum Gasteiger partial charge on any atom is 0.0854 e. The second-order valence-corrected chi connectivity index (χ2v) is 7.84. The predicted molar refractivity (Wildman–Crippen MR) is 124 cm³/mol. The lowest BCUT2D eigenvalue weighted by Gasteiger charge is -2.33. The van der Waals surface area contributed by atoms with Crippen LogP contribution in [-0.2, 0) is 17.6 Å². The van der Waals surface area contributed by atoms with Gasteiger partial charge in [0.25, 0.3) is 0 Å². The van der Waals surface area contributed by atoms with Crippen molar-refractivity contribution >= 4 is 0 Å². The summed E-state index contributed by atoms with van der Waals surface area (Å²) in [6.45, 7) is 6.94. The standard InChI is InChI=1S/C24H31NO2.CH4O.CH4/c1-4-6-23-17(3)10-20(24-14-21(26)13-22(15-25)27-24)12-19(23)11-18-8-5-7-16(2)9-18;1-2;/h7,9-10,12,21-22,24,26H,4,6,11,13-15,25H2,1-3H3;2H,1H3;1H4. The maximum absolute atomic E-state index is 10.2. The van der Waals surface area contributed by atoms with Crippen molar-refractivity contribution in [2.24, 2.45) is 5.73 Å². The highest BCUT2D eigenvalue weighted by molar-refractivity contribution is 5.42. The molecule has 3 unspecified atom stereocenters. The highest BCUT2D eigenvalue weighted by Gasteiger charge is 2.29. The first-order valence-electron chi connectivity index (χ1n) is 10.5. The molecule has 3 rings (SSSR count). The molecule has 166 valence electrons. The first-order chi connectivity index (χ1) is 14.0. The van der Waals surface area contributed by atoms with Crippen LogP contribution < -0.4 is 5.73 Å². The number of hydrogen-bond acceptors (Lipinski definition) is 4. The minimum absolute atomic E-state index is 0. The Morgan fingerprint density at radius 2 is 1.90 bits per heavy atom. The lowest BCUT2D eigenvalue weighted by atomic mass is 9.88. The second-order valence-electron chi connectivity index (χ2n) is 7.84. The predicted octanol–water partition coefficient (Wildman–Crippen LogP) is 4.23. The van der Waals surface area contributed by atoms with Gasteiger partial charge in [0.1, 0.15) is 0 Å². The Labute approximate surface area is 183 Å². The van der Waals surface area contributed by atoms with Gasteiger partial charge in [-0.3, -0.25) is 0 Å². The van der Waals surface area contributed by atoms with Gasteiger partial charge in [0.2, 0.25) is 0 Å². The number of aryl methyl sites for hydroxylation is 2. The maximum atomic E-state index is 10.2.